The fourth-order valence-corrected chi connectivity index (χ4v) is 0. The number of aliphatic carboxylic acids is 1. The number of carboxylic acids is 1. The zero-order valence-electron chi connectivity index (χ0n) is 2.64. The number of rotatable bonds is 1. The summed E-state index contributed by atoms with van der Waals surface area (Å²) in [5.74, 6) is -0.858. The maximum atomic E-state index is 9.32. The highest BCUT2D eigenvalue weighted by atomic mass is 28.1. The van der Waals surface area contributed by atoms with E-state index < -0.39 is 5.97 Å². The van der Waals surface area contributed by atoms with Crippen LogP contribution in [0.15, 0.2) is 0 Å². The van der Waals surface area contributed by atoms with E-state index in [1.54, 1.807) is 0 Å². The molecule has 0 aromatic heterocycles. The summed E-state index contributed by atoms with van der Waals surface area (Å²) in [6.45, 7) is 0. The van der Waals surface area contributed by atoms with E-state index in [-0.39, 0.29) is 0 Å². The molecule has 0 heterocycles. The van der Waals surface area contributed by atoms with Gasteiger partial charge in [0.2, 0.25) is 0 Å². The van der Waals surface area contributed by atoms with Crippen LogP contribution in [0.3, 0.4) is 0 Å². The highest BCUT2D eigenvalue weighted by Gasteiger charge is 1.73. The van der Waals surface area contributed by atoms with Crippen LogP contribution >= 0.6 is 0 Å². The van der Waals surface area contributed by atoms with Crippen molar-refractivity contribution < 1.29 is 9.90 Å². The lowest BCUT2D eigenvalue weighted by molar-refractivity contribution is -0.128. The van der Waals surface area contributed by atoms with Gasteiger partial charge in [0.25, 0.3) is 0 Å². The molecule has 0 unspecified atom stereocenters. The quantitative estimate of drug-likeness (QED) is 0.396. The molecule has 2 nitrogen and oxygen atoms in total. The average molecular weight is 88.1 g/mol. The van der Waals surface area contributed by atoms with Crippen molar-refractivity contribution in [2.45, 2.75) is 0 Å². The molecule has 5 heavy (non-hydrogen) atoms. The summed E-state index contributed by atoms with van der Waals surface area (Å²) in [5.41, 5.74) is 1.11. The molecule has 3 heteroatoms. The Bertz CT molecular complexity index is 58.7. The van der Waals surface area contributed by atoms with E-state index in [9.17, 15) is 4.79 Å². The standard InChI is InChI=1S/C2H4O2Si/c3-2(4)1-5/h1H,5H2,(H,3,4). The first kappa shape index (κ1) is 4.56. The molecule has 0 aliphatic rings. The van der Waals surface area contributed by atoms with Gasteiger partial charge in [-0.3, -0.25) is 0 Å². The molecule has 0 aliphatic carbocycles. The van der Waals surface area contributed by atoms with Crippen molar-refractivity contribution in [2.75, 3.05) is 0 Å². The van der Waals surface area contributed by atoms with E-state index in [1.165, 1.54) is 9.85 Å². The molecule has 0 saturated carbocycles. The van der Waals surface area contributed by atoms with Crippen LogP contribution in [-0.4, -0.2) is 26.6 Å². The van der Waals surface area contributed by atoms with Crippen LogP contribution in [0, 0.1) is 0 Å². The highest BCUT2D eigenvalue weighted by Crippen LogP contribution is 1.38. The van der Waals surface area contributed by atoms with Crippen LogP contribution in [0.25, 0.3) is 0 Å². The average Bonchev–Trinajstić information content (AvgIpc) is 1.38. The molecule has 0 amide bonds. The van der Waals surface area contributed by atoms with E-state index in [4.69, 9.17) is 5.11 Å². The van der Waals surface area contributed by atoms with Crippen molar-refractivity contribution in [1.29, 1.82) is 0 Å². The highest BCUT2D eigenvalue weighted by molar-refractivity contribution is 6.49. The molecule has 28 valence electrons. The summed E-state index contributed by atoms with van der Waals surface area (Å²) < 4.78 is 0. The monoisotopic (exact) mass is 88.0 g/mol. The van der Waals surface area contributed by atoms with E-state index >= 15 is 0 Å². The van der Waals surface area contributed by atoms with E-state index in [1.807, 2.05) is 0 Å². The lowest BCUT2D eigenvalue weighted by atomic mass is 10.8. The van der Waals surface area contributed by atoms with Gasteiger partial charge in [0.1, 0.15) is 0 Å². The first-order valence-electron chi connectivity index (χ1n) is 1.12. The van der Waals surface area contributed by atoms with Crippen LogP contribution in [0.2, 0.25) is 0 Å². The largest absolute Gasteiger partial charge is 0.478 e. The van der Waals surface area contributed by atoms with Gasteiger partial charge in [-0.1, -0.05) is 0 Å². The minimum absolute atomic E-state index is 0.858. The minimum atomic E-state index is -0.858. The Morgan fingerprint density at radius 1 is 2.00 bits per heavy atom. The predicted octanol–water partition coefficient (Wildman–Crippen LogP) is -1.49. The third-order valence-electron chi connectivity index (χ3n) is 0.175. The summed E-state index contributed by atoms with van der Waals surface area (Å²) in [4.78, 5) is 9.32. The molecule has 1 N–H and O–H groups in total. The summed E-state index contributed by atoms with van der Waals surface area (Å²) >= 11 is 0. The van der Waals surface area contributed by atoms with Gasteiger partial charge < -0.3 is 5.11 Å². The molecule has 0 bridgehead atoms. The smallest absolute Gasteiger partial charge is 0.322 e. The fraction of sp³-hybridized carbons (Fsp3) is 0. The molecular weight excluding hydrogens is 84.1 g/mol. The molecule has 0 spiro atoms. The topological polar surface area (TPSA) is 37.3 Å². The molecule has 0 aliphatic heterocycles. The molecule has 0 saturated heterocycles. The molecule has 0 aromatic rings. The van der Waals surface area contributed by atoms with Gasteiger partial charge >= 0.3 is 5.97 Å². The summed E-state index contributed by atoms with van der Waals surface area (Å²) in [6, 6.07) is 0. The van der Waals surface area contributed by atoms with Crippen molar-refractivity contribution in [3.05, 3.63) is 0 Å². The third-order valence-corrected chi connectivity index (χ3v) is 0.524. The predicted molar refractivity (Wildman–Crippen MR) is 22.2 cm³/mol. The molecule has 0 fully saturated rings. The van der Waals surface area contributed by atoms with Gasteiger partial charge in [0.05, 0.1) is 0 Å². The molecule has 0 rings (SSSR count). The van der Waals surface area contributed by atoms with Gasteiger partial charge in [0.15, 0.2) is 0 Å². The minimum Gasteiger partial charge on any atom is -0.478 e. The van der Waals surface area contributed by atoms with Crippen molar-refractivity contribution in [1.82, 2.24) is 0 Å². The van der Waals surface area contributed by atoms with Gasteiger partial charge in [-0.2, -0.15) is 0 Å². The molecule has 0 atom stereocenters. The van der Waals surface area contributed by atoms with Crippen LogP contribution in [0.4, 0.5) is 0 Å². The lowest BCUT2D eigenvalue weighted by Crippen LogP contribution is -1.93. The Balaban J connectivity index is 3.20. The van der Waals surface area contributed by atoms with Crippen molar-refractivity contribution in [2.24, 2.45) is 0 Å². The maximum Gasteiger partial charge on any atom is 0.322 e. The molecular formula is C2H4O2Si. The van der Waals surface area contributed by atoms with E-state index in [2.05, 4.69) is 0 Å². The van der Waals surface area contributed by atoms with Crippen molar-refractivity contribution >= 4 is 21.5 Å². The summed E-state index contributed by atoms with van der Waals surface area (Å²) in [5, 5.41) is 7.67. The molecule has 0 aromatic carbocycles. The number of carbonyl (C=O) groups is 1. The SMILES string of the molecule is O=C(O)C=[SiH2]. The summed E-state index contributed by atoms with van der Waals surface area (Å²) in [7, 11) is 1.31. The Hall–Kier alpha value is -0.443. The zero-order valence-corrected chi connectivity index (χ0v) is 4.05. The van der Waals surface area contributed by atoms with Gasteiger partial charge in [-0.05, 0) is 15.5 Å². The first-order valence-corrected chi connectivity index (χ1v) is 1.94. The van der Waals surface area contributed by atoms with E-state index in [0.29, 0.717) is 0 Å². The van der Waals surface area contributed by atoms with Gasteiger partial charge in [-0.25, -0.2) is 4.79 Å². The Kier molecular flexibility index (Phi) is 1.68. The number of hydrogen-bond donors (Lipinski definition) is 1. The third kappa shape index (κ3) is 3.56. The van der Waals surface area contributed by atoms with Crippen LogP contribution in [0.5, 0.6) is 0 Å². The second kappa shape index (κ2) is 1.84. The Morgan fingerprint density at radius 2 is 2.20 bits per heavy atom. The number of carboxylic acid groups (broad SMARTS) is 1. The fourth-order valence-electron chi connectivity index (χ4n) is 0. The number of hydrogen-bond acceptors (Lipinski definition) is 1. The normalized spacial score (nSPS) is 6.40. The van der Waals surface area contributed by atoms with Gasteiger partial charge in [-0.15, -0.1) is 0 Å². The zero-order chi connectivity index (χ0) is 4.28. The first-order chi connectivity index (χ1) is 2.27. The lowest BCUT2D eigenvalue weighted by Gasteiger charge is -1.64. The second-order valence-electron chi connectivity index (χ2n) is 0.542. The Labute approximate surface area is 32.5 Å². The van der Waals surface area contributed by atoms with Crippen LogP contribution in [0.1, 0.15) is 0 Å². The van der Waals surface area contributed by atoms with Gasteiger partial charge in [0, 0.05) is 0 Å². The van der Waals surface area contributed by atoms with Crippen molar-refractivity contribution in [3.63, 3.8) is 0 Å². The van der Waals surface area contributed by atoms with Crippen LogP contribution < -0.4 is 0 Å². The maximum absolute atomic E-state index is 9.32. The molecule has 0 radical (unpaired) electrons. The summed E-state index contributed by atoms with van der Waals surface area (Å²) in [6.07, 6.45) is 0. The second-order valence-corrected chi connectivity index (χ2v) is 0.951. The van der Waals surface area contributed by atoms with E-state index in [0.717, 1.165) is 5.67 Å². The Morgan fingerprint density at radius 3 is 2.20 bits per heavy atom. The van der Waals surface area contributed by atoms with Crippen molar-refractivity contribution in [3.8, 4) is 0 Å². The van der Waals surface area contributed by atoms with Crippen LogP contribution in [-0.2, 0) is 4.79 Å².